The zero-order valence-corrected chi connectivity index (χ0v) is 13.8. The zero-order valence-electron chi connectivity index (χ0n) is 13.8. The average Bonchev–Trinajstić information content (AvgIpc) is 2.79. The summed E-state index contributed by atoms with van der Waals surface area (Å²) in [4.78, 5) is 16.9. The van der Waals surface area contributed by atoms with Crippen LogP contribution in [0.4, 0.5) is 0 Å². The zero-order chi connectivity index (χ0) is 16.2. The number of amides is 1. The summed E-state index contributed by atoms with van der Waals surface area (Å²) in [5.74, 6) is 1.02. The molecule has 1 aromatic carbocycles. The largest absolute Gasteiger partial charge is 0.361 e. The number of carbonyl (C=O) groups excluding carboxylic acids is 1. The SMILES string of the molecule is Cc1noc(C)c1CN1CCCN(C(=O)c2ccccc2)CC1. The second kappa shape index (κ2) is 6.96. The van der Waals surface area contributed by atoms with Crippen molar-refractivity contribution in [1.29, 1.82) is 0 Å². The van der Waals surface area contributed by atoms with Crippen molar-refractivity contribution in [1.82, 2.24) is 15.0 Å². The van der Waals surface area contributed by atoms with Gasteiger partial charge in [-0.1, -0.05) is 23.4 Å². The van der Waals surface area contributed by atoms with Crippen LogP contribution in [0.1, 0.15) is 33.8 Å². The molecule has 0 radical (unpaired) electrons. The Balaban J connectivity index is 1.62. The molecule has 122 valence electrons. The van der Waals surface area contributed by atoms with Gasteiger partial charge in [0, 0.05) is 43.9 Å². The number of hydrogen-bond donors (Lipinski definition) is 0. The van der Waals surface area contributed by atoms with E-state index in [1.165, 1.54) is 5.56 Å². The highest BCUT2D eigenvalue weighted by Crippen LogP contribution is 2.17. The van der Waals surface area contributed by atoms with Crippen LogP contribution < -0.4 is 0 Å². The third-order valence-electron chi connectivity index (χ3n) is 4.46. The molecule has 0 aliphatic carbocycles. The highest BCUT2D eigenvalue weighted by molar-refractivity contribution is 5.94. The lowest BCUT2D eigenvalue weighted by atomic mass is 10.2. The highest BCUT2D eigenvalue weighted by atomic mass is 16.5. The molecule has 5 nitrogen and oxygen atoms in total. The summed E-state index contributed by atoms with van der Waals surface area (Å²) in [6.07, 6.45) is 0.988. The lowest BCUT2D eigenvalue weighted by molar-refractivity contribution is 0.0761. The molecule has 23 heavy (non-hydrogen) atoms. The fourth-order valence-corrected chi connectivity index (χ4v) is 3.05. The molecule has 2 aromatic rings. The van der Waals surface area contributed by atoms with Crippen LogP contribution in [0.15, 0.2) is 34.9 Å². The number of aryl methyl sites for hydroxylation is 2. The number of nitrogens with zero attached hydrogens (tertiary/aromatic N) is 3. The number of benzene rings is 1. The average molecular weight is 313 g/mol. The van der Waals surface area contributed by atoms with Gasteiger partial charge in [-0.3, -0.25) is 9.69 Å². The monoisotopic (exact) mass is 313 g/mol. The fourth-order valence-electron chi connectivity index (χ4n) is 3.05. The van der Waals surface area contributed by atoms with E-state index in [0.29, 0.717) is 0 Å². The predicted molar refractivity (Wildman–Crippen MR) is 88.2 cm³/mol. The first kappa shape index (κ1) is 15.7. The molecule has 2 heterocycles. The second-order valence-corrected chi connectivity index (χ2v) is 6.09. The van der Waals surface area contributed by atoms with E-state index in [2.05, 4.69) is 10.1 Å². The lowest BCUT2D eigenvalue weighted by Gasteiger charge is -2.22. The maximum Gasteiger partial charge on any atom is 0.253 e. The molecular formula is C18H23N3O2. The van der Waals surface area contributed by atoms with Gasteiger partial charge in [-0.05, 0) is 32.4 Å². The lowest BCUT2D eigenvalue weighted by Crippen LogP contribution is -2.35. The first-order chi connectivity index (χ1) is 11.1. The minimum Gasteiger partial charge on any atom is -0.361 e. The van der Waals surface area contributed by atoms with Crippen LogP contribution in [-0.4, -0.2) is 47.0 Å². The van der Waals surface area contributed by atoms with Gasteiger partial charge in [-0.15, -0.1) is 0 Å². The molecular weight excluding hydrogens is 290 g/mol. The molecule has 1 aromatic heterocycles. The van der Waals surface area contributed by atoms with Gasteiger partial charge in [0.25, 0.3) is 5.91 Å². The number of rotatable bonds is 3. The molecule has 0 bridgehead atoms. The summed E-state index contributed by atoms with van der Waals surface area (Å²) < 4.78 is 5.24. The van der Waals surface area contributed by atoms with Crippen molar-refractivity contribution in [3.8, 4) is 0 Å². The van der Waals surface area contributed by atoms with E-state index in [4.69, 9.17) is 4.52 Å². The normalized spacial score (nSPS) is 16.3. The summed E-state index contributed by atoms with van der Waals surface area (Å²) in [6, 6.07) is 9.53. The van der Waals surface area contributed by atoms with Crippen molar-refractivity contribution in [2.45, 2.75) is 26.8 Å². The summed E-state index contributed by atoms with van der Waals surface area (Å²) >= 11 is 0. The smallest absolute Gasteiger partial charge is 0.253 e. The van der Waals surface area contributed by atoms with Crippen LogP contribution in [-0.2, 0) is 6.54 Å². The van der Waals surface area contributed by atoms with Crippen molar-refractivity contribution in [3.63, 3.8) is 0 Å². The first-order valence-corrected chi connectivity index (χ1v) is 8.13. The van der Waals surface area contributed by atoms with Gasteiger partial charge in [-0.25, -0.2) is 0 Å². The Labute approximate surface area is 136 Å². The Hall–Kier alpha value is -2.14. The Kier molecular flexibility index (Phi) is 4.76. The molecule has 0 spiro atoms. The molecule has 0 saturated carbocycles. The van der Waals surface area contributed by atoms with Gasteiger partial charge in [0.05, 0.1) is 5.69 Å². The van der Waals surface area contributed by atoms with E-state index in [0.717, 1.165) is 56.2 Å². The topological polar surface area (TPSA) is 49.6 Å². The van der Waals surface area contributed by atoms with Gasteiger partial charge in [0.2, 0.25) is 0 Å². The van der Waals surface area contributed by atoms with Gasteiger partial charge in [0.1, 0.15) is 5.76 Å². The minimum absolute atomic E-state index is 0.129. The Morgan fingerprint density at radius 1 is 1.13 bits per heavy atom. The van der Waals surface area contributed by atoms with Crippen molar-refractivity contribution < 1.29 is 9.32 Å². The Bertz CT molecular complexity index is 647. The van der Waals surface area contributed by atoms with E-state index < -0.39 is 0 Å². The molecule has 5 heteroatoms. The first-order valence-electron chi connectivity index (χ1n) is 8.13. The molecule has 0 N–H and O–H groups in total. The van der Waals surface area contributed by atoms with Gasteiger partial charge in [0.15, 0.2) is 0 Å². The molecule has 1 amide bonds. The molecule has 0 unspecified atom stereocenters. The summed E-state index contributed by atoms with van der Waals surface area (Å²) in [6.45, 7) is 8.22. The number of carbonyl (C=O) groups is 1. The van der Waals surface area contributed by atoms with E-state index >= 15 is 0 Å². The van der Waals surface area contributed by atoms with Crippen LogP contribution >= 0.6 is 0 Å². The van der Waals surface area contributed by atoms with Crippen molar-refractivity contribution in [2.75, 3.05) is 26.2 Å². The minimum atomic E-state index is 0.129. The maximum absolute atomic E-state index is 12.6. The van der Waals surface area contributed by atoms with E-state index in [9.17, 15) is 4.79 Å². The Morgan fingerprint density at radius 3 is 2.61 bits per heavy atom. The number of aromatic nitrogens is 1. The van der Waals surface area contributed by atoms with Gasteiger partial charge < -0.3 is 9.42 Å². The fraction of sp³-hybridized carbons (Fsp3) is 0.444. The van der Waals surface area contributed by atoms with E-state index in [1.807, 2.05) is 49.1 Å². The van der Waals surface area contributed by atoms with Crippen LogP contribution in [0, 0.1) is 13.8 Å². The Morgan fingerprint density at radius 2 is 1.91 bits per heavy atom. The van der Waals surface area contributed by atoms with Crippen molar-refractivity contribution in [3.05, 3.63) is 52.9 Å². The van der Waals surface area contributed by atoms with Crippen LogP contribution in [0.3, 0.4) is 0 Å². The molecule has 1 saturated heterocycles. The highest BCUT2D eigenvalue weighted by Gasteiger charge is 2.21. The summed E-state index contributed by atoms with van der Waals surface area (Å²) in [5.41, 5.74) is 2.91. The third kappa shape index (κ3) is 3.62. The summed E-state index contributed by atoms with van der Waals surface area (Å²) in [5, 5.41) is 4.02. The standard InChI is InChI=1S/C18H23N3O2/c1-14-17(15(2)23-19-14)13-20-9-6-10-21(12-11-20)18(22)16-7-4-3-5-8-16/h3-5,7-8H,6,9-13H2,1-2H3. The second-order valence-electron chi connectivity index (χ2n) is 6.09. The molecule has 0 atom stereocenters. The third-order valence-corrected chi connectivity index (χ3v) is 4.46. The molecule has 3 rings (SSSR count). The molecule has 1 aliphatic rings. The van der Waals surface area contributed by atoms with Crippen LogP contribution in [0.2, 0.25) is 0 Å². The molecule has 1 fully saturated rings. The van der Waals surface area contributed by atoms with Crippen molar-refractivity contribution >= 4 is 5.91 Å². The van der Waals surface area contributed by atoms with Crippen LogP contribution in [0.25, 0.3) is 0 Å². The van der Waals surface area contributed by atoms with Gasteiger partial charge in [-0.2, -0.15) is 0 Å². The molecule has 1 aliphatic heterocycles. The van der Waals surface area contributed by atoms with Gasteiger partial charge >= 0.3 is 0 Å². The number of hydrogen-bond acceptors (Lipinski definition) is 4. The van der Waals surface area contributed by atoms with Crippen molar-refractivity contribution in [2.24, 2.45) is 0 Å². The summed E-state index contributed by atoms with van der Waals surface area (Å²) in [7, 11) is 0. The maximum atomic E-state index is 12.6. The predicted octanol–water partition coefficient (Wildman–Crippen LogP) is 2.64. The van der Waals surface area contributed by atoms with E-state index in [1.54, 1.807) is 0 Å². The quantitative estimate of drug-likeness (QED) is 0.874. The van der Waals surface area contributed by atoms with Crippen LogP contribution in [0.5, 0.6) is 0 Å². The van der Waals surface area contributed by atoms with E-state index in [-0.39, 0.29) is 5.91 Å².